The van der Waals surface area contributed by atoms with Crippen LogP contribution in [0.15, 0.2) is 37.2 Å². The Hall–Kier alpha value is -2.28. The third kappa shape index (κ3) is 3.88. The Morgan fingerprint density at radius 3 is 3.09 bits per heavy atom. The van der Waals surface area contributed by atoms with E-state index in [-0.39, 0.29) is 5.91 Å². The van der Waals surface area contributed by atoms with Crippen molar-refractivity contribution >= 4 is 11.6 Å². The van der Waals surface area contributed by atoms with Crippen LogP contribution in [-0.4, -0.2) is 49.7 Å². The molecule has 0 saturated carbocycles. The highest BCUT2D eigenvalue weighted by Crippen LogP contribution is 2.18. The SMILES string of the molecule is O=C(CN1CCCC[C@H]1Cn1cncn1)Nc1cccnc1. The Balaban J connectivity index is 1.57. The summed E-state index contributed by atoms with van der Waals surface area (Å²) in [6.07, 6.45) is 10.0. The number of hydrogen-bond acceptors (Lipinski definition) is 5. The van der Waals surface area contributed by atoms with Crippen LogP contribution in [0, 0.1) is 0 Å². The molecule has 22 heavy (non-hydrogen) atoms. The van der Waals surface area contributed by atoms with E-state index >= 15 is 0 Å². The van der Waals surface area contributed by atoms with Crippen molar-refractivity contribution in [3.05, 3.63) is 37.2 Å². The van der Waals surface area contributed by atoms with Crippen molar-refractivity contribution in [3.8, 4) is 0 Å². The predicted octanol–water partition coefficient (Wildman–Crippen LogP) is 1.17. The second-order valence-electron chi connectivity index (χ2n) is 5.53. The molecule has 0 aliphatic carbocycles. The minimum absolute atomic E-state index is 0.00140. The molecular weight excluding hydrogens is 280 g/mol. The fraction of sp³-hybridized carbons (Fsp3) is 0.467. The smallest absolute Gasteiger partial charge is 0.238 e. The van der Waals surface area contributed by atoms with E-state index in [1.165, 1.54) is 6.42 Å². The van der Waals surface area contributed by atoms with Crippen LogP contribution in [0.5, 0.6) is 0 Å². The van der Waals surface area contributed by atoms with Gasteiger partial charge < -0.3 is 5.32 Å². The molecule has 1 atom stereocenters. The normalized spacial score (nSPS) is 19.0. The summed E-state index contributed by atoms with van der Waals surface area (Å²) in [6.45, 7) is 2.12. The fourth-order valence-electron chi connectivity index (χ4n) is 2.84. The van der Waals surface area contributed by atoms with Crippen LogP contribution in [0.3, 0.4) is 0 Å². The number of hydrogen-bond donors (Lipinski definition) is 1. The van der Waals surface area contributed by atoms with Gasteiger partial charge in [0.15, 0.2) is 0 Å². The summed E-state index contributed by atoms with van der Waals surface area (Å²) in [5, 5.41) is 7.05. The van der Waals surface area contributed by atoms with Crippen molar-refractivity contribution in [2.24, 2.45) is 0 Å². The van der Waals surface area contributed by atoms with E-state index in [2.05, 4.69) is 25.3 Å². The van der Waals surface area contributed by atoms with Gasteiger partial charge in [0, 0.05) is 12.2 Å². The number of carbonyl (C=O) groups is 1. The summed E-state index contributed by atoms with van der Waals surface area (Å²) in [6, 6.07) is 3.98. The van der Waals surface area contributed by atoms with Gasteiger partial charge >= 0.3 is 0 Å². The quantitative estimate of drug-likeness (QED) is 0.897. The van der Waals surface area contributed by atoms with Gasteiger partial charge in [-0.3, -0.25) is 19.4 Å². The lowest BCUT2D eigenvalue weighted by molar-refractivity contribution is -0.118. The third-order valence-corrected chi connectivity index (χ3v) is 3.91. The maximum atomic E-state index is 12.2. The number of anilines is 1. The molecular formula is C15H20N6O. The monoisotopic (exact) mass is 300 g/mol. The van der Waals surface area contributed by atoms with Crippen molar-refractivity contribution < 1.29 is 4.79 Å². The molecule has 0 aromatic carbocycles. The fourth-order valence-corrected chi connectivity index (χ4v) is 2.84. The molecule has 1 amide bonds. The molecule has 0 unspecified atom stereocenters. The van der Waals surface area contributed by atoms with E-state index in [4.69, 9.17) is 0 Å². The highest BCUT2D eigenvalue weighted by Gasteiger charge is 2.24. The number of piperidine rings is 1. The van der Waals surface area contributed by atoms with E-state index in [1.807, 2.05) is 16.8 Å². The highest BCUT2D eigenvalue weighted by molar-refractivity contribution is 5.92. The van der Waals surface area contributed by atoms with Crippen molar-refractivity contribution in [2.45, 2.75) is 31.8 Å². The number of aromatic nitrogens is 4. The molecule has 2 aromatic rings. The first kappa shape index (κ1) is 14.6. The van der Waals surface area contributed by atoms with Gasteiger partial charge in [0.1, 0.15) is 12.7 Å². The number of amides is 1. The molecule has 0 bridgehead atoms. The maximum absolute atomic E-state index is 12.2. The van der Waals surface area contributed by atoms with Crippen molar-refractivity contribution in [3.63, 3.8) is 0 Å². The van der Waals surface area contributed by atoms with Crippen LogP contribution in [0.4, 0.5) is 5.69 Å². The van der Waals surface area contributed by atoms with Crippen molar-refractivity contribution in [1.29, 1.82) is 0 Å². The maximum Gasteiger partial charge on any atom is 0.238 e. The Labute approximate surface area is 129 Å². The largest absolute Gasteiger partial charge is 0.324 e. The molecule has 116 valence electrons. The molecule has 1 aliphatic heterocycles. The number of rotatable bonds is 5. The van der Waals surface area contributed by atoms with E-state index in [0.29, 0.717) is 12.6 Å². The second-order valence-corrected chi connectivity index (χ2v) is 5.53. The van der Waals surface area contributed by atoms with Gasteiger partial charge in [0.2, 0.25) is 5.91 Å². The van der Waals surface area contributed by atoms with Crippen molar-refractivity contribution in [1.82, 2.24) is 24.6 Å². The van der Waals surface area contributed by atoms with Gasteiger partial charge in [-0.2, -0.15) is 5.10 Å². The molecule has 0 spiro atoms. The lowest BCUT2D eigenvalue weighted by Gasteiger charge is -2.34. The van der Waals surface area contributed by atoms with E-state index in [1.54, 1.807) is 25.0 Å². The summed E-state index contributed by atoms with van der Waals surface area (Å²) >= 11 is 0. The van der Waals surface area contributed by atoms with E-state index < -0.39 is 0 Å². The molecule has 1 saturated heterocycles. The molecule has 3 heterocycles. The predicted molar refractivity (Wildman–Crippen MR) is 82.1 cm³/mol. The van der Waals surface area contributed by atoms with Gasteiger partial charge in [-0.05, 0) is 31.5 Å². The summed E-state index contributed by atoms with van der Waals surface area (Å²) in [5.41, 5.74) is 0.734. The summed E-state index contributed by atoms with van der Waals surface area (Å²) in [7, 11) is 0. The van der Waals surface area contributed by atoms with Gasteiger partial charge in [-0.15, -0.1) is 0 Å². The summed E-state index contributed by atoms with van der Waals surface area (Å²) in [4.78, 5) is 22.4. The van der Waals surface area contributed by atoms with Crippen molar-refractivity contribution in [2.75, 3.05) is 18.4 Å². The lowest BCUT2D eigenvalue weighted by atomic mass is 10.0. The zero-order chi connectivity index (χ0) is 15.2. The second kappa shape index (κ2) is 7.13. The van der Waals surface area contributed by atoms with Gasteiger partial charge in [0.25, 0.3) is 0 Å². The van der Waals surface area contributed by atoms with E-state index in [9.17, 15) is 4.79 Å². The average Bonchev–Trinajstić information content (AvgIpc) is 3.03. The summed E-state index contributed by atoms with van der Waals surface area (Å²) < 4.78 is 1.84. The first-order valence-electron chi connectivity index (χ1n) is 7.57. The molecule has 0 radical (unpaired) electrons. The summed E-state index contributed by atoms with van der Waals surface area (Å²) in [5.74, 6) is -0.00140. The number of nitrogens with one attached hydrogen (secondary N) is 1. The van der Waals surface area contributed by atoms with Crippen LogP contribution in [0.25, 0.3) is 0 Å². The number of carbonyl (C=O) groups excluding carboxylic acids is 1. The van der Waals surface area contributed by atoms with Crippen LogP contribution in [0.2, 0.25) is 0 Å². The number of nitrogens with zero attached hydrogens (tertiary/aromatic N) is 5. The van der Waals surface area contributed by atoms with Gasteiger partial charge in [-0.25, -0.2) is 4.98 Å². The zero-order valence-electron chi connectivity index (χ0n) is 12.4. The van der Waals surface area contributed by atoms with Crippen LogP contribution < -0.4 is 5.32 Å². The molecule has 1 aliphatic rings. The molecule has 1 fully saturated rings. The molecule has 2 aromatic heterocycles. The molecule has 1 N–H and O–H groups in total. The Kier molecular flexibility index (Phi) is 4.75. The first-order chi connectivity index (χ1) is 10.8. The zero-order valence-corrected chi connectivity index (χ0v) is 12.4. The van der Waals surface area contributed by atoms with Gasteiger partial charge in [-0.1, -0.05) is 6.42 Å². The Morgan fingerprint density at radius 1 is 1.36 bits per heavy atom. The number of likely N-dealkylation sites (tertiary alicyclic amines) is 1. The average molecular weight is 300 g/mol. The number of pyridine rings is 1. The standard InChI is InChI=1S/C15H20N6O/c22-15(19-13-4-3-6-16-8-13)10-20-7-2-1-5-14(20)9-21-12-17-11-18-21/h3-4,6,8,11-12,14H,1-2,5,7,9-10H2,(H,19,22)/t14-/m0/s1. The third-order valence-electron chi connectivity index (χ3n) is 3.91. The minimum atomic E-state index is -0.00140. The Morgan fingerprint density at radius 2 is 2.32 bits per heavy atom. The Bertz CT molecular complexity index is 585. The van der Waals surface area contributed by atoms with E-state index in [0.717, 1.165) is 31.6 Å². The van der Waals surface area contributed by atoms with Crippen LogP contribution in [-0.2, 0) is 11.3 Å². The molecule has 3 rings (SSSR count). The lowest BCUT2D eigenvalue weighted by Crippen LogP contribution is -2.46. The first-order valence-corrected chi connectivity index (χ1v) is 7.57. The molecule has 7 nitrogen and oxygen atoms in total. The van der Waals surface area contributed by atoms with Crippen LogP contribution >= 0.6 is 0 Å². The minimum Gasteiger partial charge on any atom is -0.324 e. The topological polar surface area (TPSA) is 75.9 Å². The van der Waals surface area contributed by atoms with Crippen LogP contribution in [0.1, 0.15) is 19.3 Å². The molecule has 7 heteroatoms. The highest BCUT2D eigenvalue weighted by atomic mass is 16.2. The van der Waals surface area contributed by atoms with Gasteiger partial charge in [0.05, 0.1) is 25.0 Å².